The Kier molecular flexibility index (Phi) is 6.38. The molecule has 0 radical (unpaired) electrons. The number of nitrogens with one attached hydrogen (secondary N) is 1. The lowest BCUT2D eigenvalue weighted by Crippen LogP contribution is -2.38. The number of ether oxygens (including phenoxy) is 1. The SMILES string of the molecule is COc1cc(C2C/C(=N\c3nnc(CN4c5ccccc5Sc5ccccc54)s3)NN2C(C)=O)ccc1O. The standard InChI is InChI=1S/C27H24N6O3S2/c1-16(34)33-20(17-11-12-21(35)22(13-17)36-2)14-25(31-33)28-27-30-29-26(38-27)15-32-18-7-3-5-9-23(18)37-24-10-6-4-8-19(24)32/h3-13,20,35H,14-15H2,1-2H3,(H,28,30,31). The zero-order valence-electron chi connectivity index (χ0n) is 20.7. The number of hydrazine groups is 1. The zero-order valence-corrected chi connectivity index (χ0v) is 22.3. The van der Waals surface area contributed by atoms with Gasteiger partial charge in [0.25, 0.3) is 0 Å². The van der Waals surface area contributed by atoms with E-state index in [0.29, 0.717) is 29.7 Å². The minimum absolute atomic E-state index is 0.0457. The summed E-state index contributed by atoms with van der Waals surface area (Å²) >= 11 is 3.19. The Morgan fingerprint density at radius 3 is 2.50 bits per heavy atom. The van der Waals surface area contributed by atoms with E-state index >= 15 is 0 Å². The number of rotatable bonds is 5. The van der Waals surface area contributed by atoms with Gasteiger partial charge in [-0.1, -0.05) is 53.4 Å². The van der Waals surface area contributed by atoms with Gasteiger partial charge in [0.1, 0.15) is 10.8 Å². The lowest BCUT2D eigenvalue weighted by atomic mass is 10.0. The summed E-state index contributed by atoms with van der Waals surface area (Å²) in [5.74, 6) is 0.865. The number of hydrogen-bond donors (Lipinski definition) is 2. The number of carbonyl (C=O) groups is 1. The number of fused-ring (bicyclic) bond motifs is 2. The molecule has 192 valence electrons. The molecule has 9 nitrogen and oxygen atoms in total. The molecule has 0 spiro atoms. The van der Waals surface area contributed by atoms with Gasteiger partial charge in [0.2, 0.25) is 11.0 Å². The minimum atomic E-state index is -0.299. The molecule has 1 amide bonds. The average molecular weight is 545 g/mol. The second-order valence-corrected chi connectivity index (χ2v) is 10.9. The Balaban J connectivity index is 1.25. The Labute approximate surface area is 227 Å². The van der Waals surface area contributed by atoms with Crippen molar-refractivity contribution < 1.29 is 14.6 Å². The molecule has 38 heavy (non-hydrogen) atoms. The van der Waals surface area contributed by atoms with Crippen molar-refractivity contribution >= 4 is 51.3 Å². The van der Waals surface area contributed by atoms with Crippen LogP contribution in [0.2, 0.25) is 0 Å². The van der Waals surface area contributed by atoms with Crippen LogP contribution in [0.3, 0.4) is 0 Å². The van der Waals surface area contributed by atoms with Crippen molar-refractivity contribution in [3.8, 4) is 11.5 Å². The first-order chi connectivity index (χ1) is 18.5. The fourth-order valence-electron chi connectivity index (χ4n) is 4.63. The molecule has 0 aliphatic carbocycles. The number of phenols is 1. The van der Waals surface area contributed by atoms with E-state index in [4.69, 9.17) is 4.74 Å². The summed E-state index contributed by atoms with van der Waals surface area (Å²) in [6, 6.07) is 21.5. The molecular formula is C27H24N6O3S2. The van der Waals surface area contributed by atoms with Crippen LogP contribution < -0.4 is 15.1 Å². The minimum Gasteiger partial charge on any atom is -0.504 e. The Morgan fingerprint density at radius 1 is 1.11 bits per heavy atom. The first kappa shape index (κ1) is 24.3. The van der Waals surface area contributed by atoms with Gasteiger partial charge in [0.05, 0.1) is 31.1 Å². The van der Waals surface area contributed by atoms with Crippen molar-refractivity contribution in [1.29, 1.82) is 0 Å². The molecule has 1 fully saturated rings. The van der Waals surface area contributed by atoms with Crippen molar-refractivity contribution in [2.24, 2.45) is 4.99 Å². The lowest BCUT2D eigenvalue weighted by molar-refractivity contribution is -0.132. The van der Waals surface area contributed by atoms with E-state index in [1.54, 1.807) is 30.0 Å². The highest BCUT2D eigenvalue weighted by Crippen LogP contribution is 2.48. The quantitative estimate of drug-likeness (QED) is 0.336. The summed E-state index contributed by atoms with van der Waals surface area (Å²) in [6.45, 7) is 2.07. The maximum absolute atomic E-state index is 12.4. The van der Waals surface area contributed by atoms with Crippen LogP contribution >= 0.6 is 23.1 Å². The van der Waals surface area contributed by atoms with Crippen LogP contribution in [-0.4, -0.2) is 39.2 Å². The van der Waals surface area contributed by atoms with Crippen molar-refractivity contribution in [1.82, 2.24) is 20.6 Å². The topological polar surface area (TPSA) is 103 Å². The Bertz CT molecular complexity index is 1510. The van der Waals surface area contributed by atoms with E-state index in [9.17, 15) is 9.90 Å². The molecule has 0 saturated carbocycles. The predicted octanol–water partition coefficient (Wildman–Crippen LogP) is 5.58. The molecular weight excluding hydrogens is 520 g/mol. The van der Waals surface area contributed by atoms with Crippen LogP contribution in [0.4, 0.5) is 16.5 Å². The van der Waals surface area contributed by atoms with Gasteiger partial charge >= 0.3 is 0 Å². The second kappa shape index (κ2) is 9.99. The third-order valence-corrected chi connectivity index (χ3v) is 8.32. The van der Waals surface area contributed by atoms with Gasteiger partial charge in [-0.25, -0.2) is 10.0 Å². The third-order valence-electron chi connectivity index (χ3n) is 6.39. The van der Waals surface area contributed by atoms with Gasteiger partial charge in [-0.05, 0) is 42.0 Å². The van der Waals surface area contributed by atoms with Crippen molar-refractivity contribution in [3.05, 3.63) is 77.3 Å². The van der Waals surface area contributed by atoms with Crippen LogP contribution in [0, 0.1) is 0 Å². The summed E-state index contributed by atoms with van der Waals surface area (Å²) in [5, 5.41) is 21.6. The second-order valence-electron chi connectivity index (χ2n) is 8.81. The van der Waals surface area contributed by atoms with Gasteiger partial charge in [-0.15, -0.1) is 10.2 Å². The number of hydrogen-bond acceptors (Lipinski definition) is 9. The smallest absolute Gasteiger partial charge is 0.238 e. The fraction of sp³-hybridized carbons (Fsp3) is 0.185. The number of benzene rings is 3. The number of carbonyl (C=O) groups excluding carboxylic acids is 1. The number of nitrogens with zero attached hydrogens (tertiary/aromatic N) is 5. The molecule has 1 atom stereocenters. The van der Waals surface area contributed by atoms with E-state index in [0.717, 1.165) is 21.9 Å². The number of para-hydroxylation sites is 2. The Hall–Kier alpha value is -4.09. The van der Waals surface area contributed by atoms with Crippen molar-refractivity contribution in [3.63, 3.8) is 0 Å². The number of methoxy groups -OCH3 is 1. The van der Waals surface area contributed by atoms with E-state index in [1.165, 1.54) is 40.2 Å². The summed E-state index contributed by atoms with van der Waals surface area (Å²) in [4.78, 5) is 21.7. The molecule has 1 saturated heterocycles. The molecule has 11 heteroatoms. The molecule has 6 rings (SSSR count). The third kappa shape index (κ3) is 4.54. The van der Waals surface area contributed by atoms with Gasteiger partial charge in [0.15, 0.2) is 11.5 Å². The first-order valence-corrected chi connectivity index (χ1v) is 13.6. The van der Waals surface area contributed by atoms with E-state index in [2.05, 4.69) is 61.9 Å². The van der Waals surface area contributed by atoms with Crippen molar-refractivity contribution in [2.45, 2.75) is 35.7 Å². The summed E-state index contributed by atoms with van der Waals surface area (Å²) in [6.07, 6.45) is 0.465. The summed E-state index contributed by atoms with van der Waals surface area (Å²) < 4.78 is 5.25. The molecule has 3 aromatic carbocycles. The normalized spacial score (nSPS) is 17.2. The van der Waals surface area contributed by atoms with Crippen LogP contribution in [0.25, 0.3) is 0 Å². The number of amidine groups is 1. The van der Waals surface area contributed by atoms with Crippen LogP contribution in [0.1, 0.15) is 30.0 Å². The molecule has 4 aromatic rings. The van der Waals surface area contributed by atoms with Crippen LogP contribution in [-0.2, 0) is 11.3 Å². The number of phenolic OH excluding ortho intramolecular Hbond substituents is 1. The number of aromatic nitrogens is 2. The molecule has 1 unspecified atom stereocenters. The number of aromatic hydroxyl groups is 1. The zero-order chi connectivity index (χ0) is 26.2. The van der Waals surface area contributed by atoms with E-state index < -0.39 is 0 Å². The lowest BCUT2D eigenvalue weighted by Gasteiger charge is -2.31. The number of anilines is 2. The van der Waals surface area contributed by atoms with Gasteiger partial charge in [-0.2, -0.15) is 0 Å². The van der Waals surface area contributed by atoms with Gasteiger partial charge < -0.3 is 14.7 Å². The highest BCUT2D eigenvalue weighted by Gasteiger charge is 2.33. The van der Waals surface area contributed by atoms with Crippen LogP contribution in [0.15, 0.2) is 81.5 Å². The largest absolute Gasteiger partial charge is 0.504 e. The molecule has 1 aromatic heterocycles. The average Bonchev–Trinajstić information content (AvgIpc) is 3.56. The first-order valence-electron chi connectivity index (χ1n) is 12.0. The van der Waals surface area contributed by atoms with Crippen molar-refractivity contribution in [2.75, 3.05) is 12.0 Å². The number of aliphatic imine (C=N–C) groups is 1. The molecule has 3 heterocycles. The fourth-order valence-corrected chi connectivity index (χ4v) is 6.45. The summed E-state index contributed by atoms with van der Waals surface area (Å²) in [7, 11) is 1.49. The van der Waals surface area contributed by atoms with E-state index in [1.807, 2.05) is 12.1 Å². The molecule has 2 N–H and O–H groups in total. The molecule has 0 bridgehead atoms. The predicted molar refractivity (Wildman–Crippen MR) is 148 cm³/mol. The maximum atomic E-state index is 12.4. The Morgan fingerprint density at radius 2 is 1.82 bits per heavy atom. The maximum Gasteiger partial charge on any atom is 0.238 e. The van der Waals surface area contributed by atoms with Crippen LogP contribution in [0.5, 0.6) is 11.5 Å². The van der Waals surface area contributed by atoms with E-state index in [-0.39, 0.29) is 17.7 Å². The molecule has 2 aliphatic rings. The van der Waals surface area contributed by atoms with Gasteiger partial charge in [0, 0.05) is 23.1 Å². The highest BCUT2D eigenvalue weighted by molar-refractivity contribution is 7.99. The highest BCUT2D eigenvalue weighted by atomic mass is 32.2. The summed E-state index contributed by atoms with van der Waals surface area (Å²) in [5.41, 5.74) is 6.22. The monoisotopic (exact) mass is 544 g/mol. The van der Waals surface area contributed by atoms with Gasteiger partial charge in [-0.3, -0.25) is 10.2 Å². The molecule has 2 aliphatic heterocycles. The number of amides is 1.